The highest BCUT2D eigenvalue weighted by Crippen LogP contribution is 2.24. The smallest absolute Gasteiger partial charge is 0.133 e. The maximum Gasteiger partial charge on any atom is 0.133 e. The fourth-order valence-electron chi connectivity index (χ4n) is 1.77. The lowest BCUT2D eigenvalue weighted by Gasteiger charge is -2.01. The lowest BCUT2D eigenvalue weighted by atomic mass is 10.1. The molecule has 0 atom stereocenters. The number of imidazole rings is 1. The summed E-state index contributed by atoms with van der Waals surface area (Å²) in [6, 6.07) is 5.01. The fraction of sp³-hybridized carbons (Fsp3) is 0.308. The zero-order valence-corrected chi connectivity index (χ0v) is 11.7. The largest absolute Gasteiger partial charge is 0.342 e. The molecule has 96 valence electrons. The molecule has 1 aromatic carbocycles. The van der Waals surface area contributed by atoms with Gasteiger partial charge in [0.2, 0.25) is 0 Å². The third-order valence-electron chi connectivity index (χ3n) is 2.69. The maximum atomic E-state index is 13.8. The van der Waals surface area contributed by atoms with Crippen LogP contribution in [0.25, 0.3) is 11.3 Å². The Morgan fingerprint density at radius 3 is 3.00 bits per heavy atom. The average molecular weight is 312 g/mol. The van der Waals surface area contributed by atoms with Crippen LogP contribution in [0.2, 0.25) is 0 Å². The summed E-state index contributed by atoms with van der Waals surface area (Å²) in [4.78, 5) is 7.42. The number of hydrogen-bond acceptors (Lipinski definition) is 2. The van der Waals surface area contributed by atoms with Crippen LogP contribution in [0.15, 0.2) is 28.9 Å². The summed E-state index contributed by atoms with van der Waals surface area (Å²) in [7, 11) is 1.92. The van der Waals surface area contributed by atoms with Crippen LogP contribution >= 0.6 is 15.9 Å². The van der Waals surface area contributed by atoms with Crippen molar-refractivity contribution in [2.45, 2.75) is 12.8 Å². The van der Waals surface area contributed by atoms with Crippen molar-refractivity contribution in [3.8, 4) is 11.3 Å². The van der Waals surface area contributed by atoms with Crippen molar-refractivity contribution >= 4 is 15.9 Å². The first-order chi connectivity index (χ1) is 8.70. The number of halogens is 2. The van der Waals surface area contributed by atoms with Gasteiger partial charge in [0.05, 0.1) is 11.9 Å². The number of aryl methyl sites for hydroxylation is 1. The van der Waals surface area contributed by atoms with Gasteiger partial charge in [-0.2, -0.15) is 0 Å². The van der Waals surface area contributed by atoms with Gasteiger partial charge in [-0.15, -0.1) is 0 Å². The summed E-state index contributed by atoms with van der Waals surface area (Å²) < 4.78 is 14.5. The lowest BCUT2D eigenvalue weighted by Crippen LogP contribution is -2.08. The summed E-state index contributed by atoms with van der Waals surface area (Å²) in [6.07, 6.45) is 3.55. The van der Waals surface area contributed by atoms with Crippen molar-refractivity contribution < 1.29 is 4.39 Å². The molecule has 0 radical (unpaired) electrons. The van der Waals surface area contributed by atoms with Gasteiger partial charge in [0.1, 0.15) is 11.6 Å². The summed E-state index contributed by atoms with van der Waals surface area (Å²) >= 11 is 3.24. The molecule has 0 aliphatic carbocycles. The van der Waals surface area contributed by atoms with Gasteiger partial charge < -0.3 is 10.3 Å². The van der Waals surface area contributed by atoms with Crippen LogP contribution in [0.4, 0.5) is 4.39 Å². The van der Waals surface area contributed by atoms with Gasteiger partial charge in [-0.3, -0.25) is 0 Å². The number of aromatic amines is 1. The number of rotatable bonds is 5. The third-order valence-corrected chi connectivity index (χ3v) is 3.18. The van der Waals surface area contributed by atoms with E-state index in [1.165, 1.54) is 6.07 Å². The number of nitrogens with zero attached hydrogens (tertiary/aromatic N) is 1. The standard InChI is InChI=1S/C13H15BrFN3/c1-16-6-2-3-13-17-8-12(18-13)10-5-4-9(14)7-11(10)15/h4-5,7-8,16H,2-3,6H2,1H3,(H,17,18). The zero-order chi connectivity index (χ0) is 13.0. The van der Waals surface area contributed by atoms with E-state index in [0.717, 1.165) is 35.4 Å². The average Bonchev–Trinajstić information content (AvgIpc) is 2.78. The van der Waals surface area contributed by atoms with Gasteiger partial charge in [-0.25, -0.2) is 9.37 Å². The Morgan fingerprint density at radius 1 is 1.44 bits per heavy atom. The summed E-state index contributed by atoms with van der Waals surface area (Å²) in [5.74, 6) is 0.636. The molecule has 0 amide bonds. The van der Waals surface area contributed by atoms with Gasteiger partial charge in [-0.05, 0) is 38.2 Å². The van der Waals surface area contributed by atoms with Crippen molar-refractivity contribution in [1.29, 1.82) is 0 Å². The van der Waals surface area contributed by atoms with Crippen LogP contribution in [0, 0.1) is 5.82 Å². The molecule has 5 heteroatoms. The minimum absolute atomic E-state index is 0.255. The maximum absolute atomic E-state index is 13.8. The van der Waals surface area contributed by atoms with E-state index in [0.29, 0.717) is 5.56 Å². The van der Waals surface area contributed by atoms with Crippen LogP contribution in [0.1, 0.15) is 12.2 Å². The van der Waals surface area contributed by atoms with Crippen LogP contribution in [-0.4, -0.2) is 23.6 Å². The molecule has 1 aromatic heterocycles. The number of H-pyrrole nitrogens is 1. The predicted molar refractivity (Wildman–Crippen MR) is 73.9 cm³/mol. The number of hydrogen-bond donors (Lipinski definition) is 2. The van der Waals surface area contributed by atoms with Crippen LogP contribution < -0.4 is 5.32 Å². The van der Waals surface area contributed by atoms with E-state index in [2.05, 4.69) is 31.2 Å². The first-order valence-corrected chi connectivity index (χ1v) is 6.64. The van der Waals surface area contributed by atoms with E-state index in [4.69, 9.17) is 0 Å². The van der Waals surface area contributed by atoms with E-state index in [1.54, 1.807) is 12.3 Å². The molecule has 0 fully saturated rings. The molecule has 2 aromatic rings. The highest BCUT2D eigenvalue weighted by Gasteiger charge is 2.08. The minimum atomic E-state index is -0.255. The van der Waals surface area contributed by atoms with E-state index >= 15 is 0 Å². The Kier molecular flexibility index (Phi) is 4.49. The Balaban J connectivity index is 2.13. The molecule has 1 heterocycles. The molecule has 18 heavy (non-hydrogen) atoms. The zero-order valence-electron chi connectivity index (χ0n) is 10.1. The van der Waals surface area contributed by atoms with Crippen LogP contribution in [-0.2, 0) is 6.42 Å². The second kappa shape index (κ2) is 6.11. The third kappa shape index (κ3) is 3.17. The van der Waals surface area contributed by atoms with Crippen molar-refractivity contribution in [2.75, 3.05) is 13.6 Å². The monoisotopic (exact) mass is 311 g/mol. The Bertz CT molecular complexity index is 525. The number of nitrogens with one attached hydrogen (secondary N) is 2. The van der Waals surface area contributed by atoms with Gasteiger partial charge >= 0.3 is 0 Å². The molecule has 0 saturated carbocycles. The molecule has 3 nitrogen and oxygen atoms in total. The van der Waals surface area contributed by atoms with E-state index in [1.807, 2.05) is 13.1 Å². The second-order valence-corrected chi connectivity index (χ2v) is 4.99. The molecular weight excluding hydrogens is 297 g/mol. The summed E-state index contributed by atoms with van der Waals surface area (Å²) in [5, 5.41) is 3.08. The van der Waals surface area contributed by atoms with Crippen LogP contribution in [0.5, 0.6) is 0 Å². The Hall–Kier alpha value is -1.20. The van der Waals surface area contributed by atoms with Crippen molar-refractivity contribution in [2.24, 2.45) is 0 Å². The predicted octanol–water partition coefficient (Wildman–Crippen LogP) is 3.13. The second-order valence-electron chi connectivity index (χ2n) is 4.07. The normalized spacial score (nSPS) is 10.8. The molecule has 0 spiro atoms. The topological polar surface area (TPSA) is 40.7 Å². The van der Waals surface area contributed by atoms with Gasteiger partial charge in [-0.1, -0.05) is 15.9 Å². The molecular formula is C13H15BrFN3. The molecule has 0 unspecified atom stereocenters. The first kappa shape index (κ1) is 13.2. The number of benzene rings is 1. The summed E-state index contributed by atoms with van der Waals surface area (Å²) in [5.41, 5.74) is 1.27. The van der Waals surface area contributed by atoms with Gasteiger partial charge in [0.25, 0.3) is 0 Å². The fourth-order valence-corrected chi connectivity index (χ4v) is 2.10. The molecule has 0 aliphatic heterocycles. The quantitative estimate of drug-likeness (QED) is 0.833. The van der Waals surface area contributed by atoms with Crippen molar-refractivity contribution in [3.63, 3.8) is 0 Å². The minimum Gasteiger partial charge on any atom is -0.342 e. The van der Waals surface area contributed by atoms with E-state index in [-0.39, 0.29) is 5.82 Å². The lowest BCUT2D eigenvalue weighted by molar-refractivity contribution is 0.630. The number of aromatic nitrogens is 2. The summed E-state index contributed by atoms with van der Waals surface area (Å²) in [6.45, 7) is 0.947. The molecule has 2 rings (SSSR count). The molecule has 0 saturated heterocycles. The highest BCUT2D eigenvalue weighted by atomic mass is 79.9. The van der Waals surface area contributed by atoms with Crippen molar-refractivity contribution in [1.82, 2.24) is 15.3 Å². The SMILES string of the molecule is CNCCCc1ncc(-c2ccc(Br)cc2F)[nH]1. The van der Waals surface area contributed by atoms with E-state index < -0.39 is 0 Å². The first-order valence-electron chi connectivity index (χ1n) is 5.84. The van der Waals surface area contributed by atoms with Crippen molar-refractivity contribution in [3.05, 3.63) is 40.5 Å². The molecule has 2 N–H and O–H groups in total. The van der Waals surface area contributed by atoms with Crippen LogP contribution in [0.3, 0.4) is 0 Å². The Labute approximate surface area is 114 Å². The molecule has 0 bridgehead atoms. The Morgan fingerprint density at radius 2 is 2.28 bits per heavy atom. The van der Waals surface area contributed by atoms with Gasteiger partial charge in [0.15, 0.2) is 0 Å². The highest BCUT2D eigenvalue weighted by molar-refractivity contribution is 9.10. The molecule has 0 aliphatic rings. The van der Waals surface area contributed by atoms with Gasteiger partial charge in [0, 0.05) is 16.5 Å². The van der Waals surface area contributed by atoms with E-state index in [9.17, 15) is 4.39 Å².